The highest BCUT2D eigenvalue weighted by molar-refractivity contribution is 7.91. The Bertz CT molecular complexity index is 1030. The number of rotatable bonds is 13. The molecule has 32 heavy (non-hydrogen) atoms. The third-order valence-electron chi connectivity index (χ3n) is 6.22. The van der Waals surface area contributed by atoms with E-state index in [4.69, 9.17) is 14.0 Å². The average Bonchev–Trinajstić information content (AvgIpc) is 3.49. The topological polar surface area (TPSA) is 118 Å². The quantitative estimate of drug-likeness (QED) is 0.424. The number of aliphatic hydroxyl groups excluding tert-OH is 1. The van der Waals surface area contributed by atoms with Crippen LogP contribution in [0.15, 0.2) is 24.3 Å². The zero-order chi connectivity index (χ0) is 26.7. The Morgan fingerprint density at radius 2 is 1.94 bits per heavy atom. The van der Waals surface area contributed by atoms with Crippen molar-refractivity contribution in [3.8, 4) is 0 Å². The van der Waals surface area contributed by atoms with Crippen molar-refractivity contribution in [3.05, 3.63) is 35.4 Å². The van der Waals surface area contributed by atoms with Gasteiger partial charge in [0, 0.05) is 4.11 Å². The second-order valence-corrected chi connectivity index (χ2v) is 11.9. The Hall–Kier alpha value is -1.93. The van der Waals surface area contributed by atoms with E-state index in [-0.39, 0.29) is 42.3 Å². The van der Waals surface area contributed by atoms with E-state index in [9.17, 15) is 23.1 Å². The highest BCUT2D eigenvalue weighted by atomic mass is 32.2. The molecule has 1 saturated carbocycles. The number of methoxy groups -OCH3 is 1. The van der Waals surface area contributed by atoms with Crippen molar-refractivity contribution < 1.29 is 37.1 Å². The fourth-order valence-electron chi connectivity index (χ4n) is 4.24. The van der Waals surface area contributed by atoms with Crippen LogP contribution < -0.4 is 0 Å². The Balaban J connectivity index is 2.33. The predicted octanol–water partition coefficient (Wildman–Crippen LogP) is 3.13. The smallest absolute Gasteiger partial charge is 0.313 e. The van der Waals surface area contributed by atoms with Crippen LogP contribution in [0.3, 0.4) is 0 Å². The van der Waals surface area contributed by atoms with Gasteiger partial charge >= 0.3 is 11.9 Å². The molecule has 0 bridgehead atoms. The molecule has 7 nitrogen and oxygen atoms in total. The van der Waals surface area contributed by atoms with Crippen LogP contribution in [0.25, 0.3) is 0 Å². The fourth-order valence-corrected chi connectivity index (χ4v) is 6.00. The summed E-state index contributed by atoms with van der Waals surface area (Å²) in [5.41, 5.74) is -2.77. The van der Waals surface area contributed by atoms with Crippen molar-refractivity contribution >= 4 is 21.8 Å². The van der Waals surface area contributed by atoms with E-state index in [0.717, 1.165) is 0 Å². The van der Waals surface area contributed by atoms with Crippen molar-refractivity contribution in [3.63, 3.8) is 0 Å². The summed E-state index contributed by atoms with van der Waals surface area (Å²) < 4.78 is 53.6. The van der Waals surface area contributed by atoms with Gasteiger partial charge in [0.15, 0.2) is 9.84 Å². The van der Waals surface area contributed by atoms with Crippen LogP contribution in [0, 0.1) is 10.8 Å². The molecule has 0 radical (unpaired) electrons. The zero-order valence-corrected chi connectivity index (χ0v) is 19.8. The van der Waals surface area contributed by atoms with E-state index >= 15 is 0 Å². The first kappa shape index (κ1) is 21.9. The zero-order valence-electron chi connectivity index (χ0n) is 22.0. The number of carbonyl (C=O) groups excluding carboxylic acids is 1. The Morgan fingerprint density at radius 1 is 1.25 bits per heavy atom. The van der Waals surface area contributed by atoms with Crippen molar-refractivity contribution in [1.29, 1.82) is 0 Å². The molecule has 1 atom stereocenters. The summed E-state index contributed by atoms with van der Waals surface area (Å²) in [5.74, 6) is -2.36. The molecule has 1 unspecified atom stereocenters. The molecule has 2 rings (SSSR count). The van der Waals surface area contributed by atoms with Gasteiger partial charge in [-0.25, -0.2) is 8.42 Å². The number of aliphatic carboxylic acids is 1. The van der Waals surface area contributed by atoms with Gasteiger partial charge in [-0.05, 0) is 55.5 Å². The number of hydrogen-bond donors (Lipinski definition) is 2. The second-order valence-electron chi connectivity index (χ2n) is 9.69. The van der Waals surface area contributed by atoms with Crippen LogP contribution in [-0.4, -0.2) is 55.8 Å². The normalized spacial score (nSPS) is 19.2. The number of benzene rings is 1. The summed E-state index contributed by atoms with van der Waals surface area (Å²) in [6.07, 6.45) is 1.88. The lowest BCUT2D eigenvalue weighted by Gasteiger charge is -2.29. The highest BCUT2D eigenvalue weighted by Gasteiger charge is 2.51. The van der Waals surface area contributed by atoms with Crippen LogP contribution in [0.1, 0.15) is 68.0 Å². The van der Waals surface area contributed by atoms with E-state index < -0.39 is 45.5 Å². The van der Waals surface area contributed by atoms with E-state index in [2.05, 4.69) is 0 Å². The Kier molecular flexibility index (Phi) is 6.78. The molecule has 0 spiro atoms. The molecular weight excluding hydrogens is 432 g/mol. The second kappa shape index (κ2) is 9.91. The van der Waals surface area contributed by atoms with Crippen molar-refractivity contribution in [1.82, 2.24) is 0 Å². The van der Waals surface area contributed by atoms with Crippen molar-refractivity contribution in [2.24, 2.45) is 10.8 Å². The molecule has 180 valence electrons. The monoisotopic (exact) mass is 471 g/mol. The number of carbonyl (C=O) groups is 2. The molecule has 1 aromatic rings. The molecule has 0 aliphatic heterocycles. The predicted molar refractivity (Wildman–Crippen MR) is 122 cm³/mol. The van der Waals surface area contributed by atoms with Crippen LogP contribution in [0.2, 0.25) is 0 Å². The number of hydrogen-bond acceptors (Lipinski definition) is 6. The number of carboxylic acids is 1. The molecule has 0 saturated heterocycles. The summed E-state index contributed by atoms with van der Waals surface area (Å²) in [6.45, 7) is 0.0990. The lowest BCUT2D eigenvalue weighted by Crippen LogP contribution is -2.33. The van der Waals surface area contributed by atoms with Gasteiger partial charge in [0.25, 0.3) is 0 Å². The van der Waals surface area contributed by atoms with Gasteiger partial charge in [0.05, 0.1) is 36.1 Å². The molecular formula is C24H36O7S. The SMILES string of the molecule is [2H]C([2H])([2H])C(CCCC(C)(C)CS(=O)(=O)CCO)(C(=O)O)c1cccc(CC2(C(=O)OC)CC2)c1. The maximum absolute atomic E-state index is 12.5. The summed E-state index contributed by atoms with van der Waals surface area (Å²) in [4.78, 5) is 24.7. The summed E-state index contributed by atoms with van der Waals surface area (Å²) in [6, 6.07) is 6.39. The van der Waals surface area contributed by atoms with E-state index in [1.807, 2.05) is 0 Å². The van der Waals surface area contributed by atoms with E-state index in [1.54, 1.807) is 32.0 Å². The maximum atomic E-state index is 12.5. The molecule has 0 aromatic heterocycles. The fraction of sp³-hybridized carbons (Fsp3) is 0.667. The average molecular weight is 472 g/mol. The lowest BCUT2D eigenvalue weighted by atomic mass is 9.75. The molecule has 8 heteroatoms. The number of aliphatic hydroxyl groups is 1. The van der Waals surface area contributed by atoms with Crippen LogP contribution >= 0.6 is 0 Å². The molecule has 1 aromatic carbocycles. The van der Waals surface area contributed by atoms with Gasteiger partial charge in [0.1, 0.15) is 0 Å². The van der Waals surface area contributed by atoms with Gasteiger partial charge in [-0.1, -0.05) is 44.5 Å². The summed E-state index contributed by atoms with van der Waals surface area (Å²) >= 11 is 0. The summed E-state index contributed by atoms with van der Waals surface area (Å²) in [7, 11) is -2.17. The summed E-state index contributed by atoms with van der Waals surface area (Å²) in [5, 5.41) is 19.2. The number of sulfone groups is 1. The molecule has 1 aliphatic carbocycles. The third kappa shape index (κ3) is 6.54. The first-order valence-corrected chi connectivity index (χ1v) is 12.6. The number of ether oxygens (including phenoxy) is 1. The Morgan fingerprint density at radius 3 is 2.47 bits per heavy atom. The van der Waals surface area contributed by atoms with Gasteiger partial charge in [-0.3, -0.25) is 9.59 Å². The third-order valence-corrected chi connectivity index (χ3v) is 8.24. The van der Waals surface area contributed by atoms with Gasteiger partial charge in [-0.2, -0.15) is 0 Å². The minimum absolute atomic E-state index is 0.133. The minimum Gasteiger partial charge on any atom is -0.481 e. The number of esters is 1. The first-order chi connectivity index (χ1) is 16.0. The van der Waals surface area contributed by atoms with Gasteiger partial charge < -0.3 is 14.9 Å². The molecule has 2 N–H and O–H groups in total. The first-order valence-electron chi connectivity index (χ1n) is 12.3. The van der Waals surface area contributed by atoms with E-state index in [1.165, 1.54) is 13.2 Å². The van der Waals surface area contributed by atoms with Crippen molar-refractivity contribution in [2.75, 3.05) is 25.2 Å². The molecule has 0 heterocycles. The lowest BCUT2D eigenvalue weighted by molar-refractivity contribution is -0.147. The highest BCUT2D eigenvalue weighted by Crippen LogP contribution is 2.49. The van der Waals surface area contributed by atoms with Crippen LogP contribution in [0.4, 0.5) is 0 Å². The Labute approximate surface area is 195 Å². The van der Waals surface area contributed by atoms with Crippen molar-refractivity contribution in [2.45, 2.75) is 64.6 Å². The van der Waals surface area contributed by atoms with E-state index in [0.29, 0.717) is 24.8 Å². The minimum atomic E-state index is -3.49. The molecule has 0 amide bonds. The van der Waals surface area contributed by atoms with Gasteiger partial charge in [-0.15, -0.1) is 0 Å². The molecule has 1 aliphatic rings. The van der Waals surface area contributed by atoms with Gasteiger partial charge in [0.2, 0.25) is 0 Å². The maximum Gasteiger partial charge on any atom is 0.313 e. The van der Waals surface area contributed by atoms with Crippen LogP contribution in [-0.2, 0) is 36.0 Å². The molecule has 1 fully saturated rings. The number of carboxylic acid groups (broad SMARTS) is 1. The standard InChI is InChI=1S/C24H36O7S/c1-22(2,17-32(29,30)14-13-25)9-6-10-23(3,20(26)27)19-8-5-7-18(15-19)16-24(11-12-24)21(28)31-4/h5,7-8,15,25H,6,9-14,16-17H2,1-4H3,(H,26,27)/i3D3. The van der Waals surface area contributed by atoms with Crippen LogP contribution in [0.5, 0.6) is 0 Å². The largest absolute Gasteiger partial charge is 0.481 e.